The topological polar surface area (TPSA) is 141 Å². The van der Waals surface area contributed by atoms with Crippen LogP contribution in [-0.2, 0) is 12.4 Å². The lowest BCUT2D eigenvalue weighted by atomic mass is 10.1. The van der Waals surface area contributed by atoms with E-state index in [-0.39, 0.29) is 17.0 Å². The minimum absolute atomic E-state index is 0.0927. The molecule has 0 aliphatic carbocycles. The second kappa shape index (κ2) is 15.3. The van der Waals surface area contributed by atoms with E-state index in [1.165, 1.54) is 42.9 Å². The highest BCUT2D eigenvalue weighted by molar-refractivity contribution is 6.29. The molecule has 8 aromatic rings. The highest BCUT2D eigenvalue weighted by atomic mass is 35.5. The summed E-state index contributed by atoms with van der Waals surface area (Å²) in [5.41, 5.74) is 2.83. The van der Waals surface area contributed by atoms with Gasteiger partial charge in [0.15, 0.2) is 16.4 Å². The van der Waals surface area contributed by atoms with E-state index >= 15 is 0 Å². The van der Waals surface area contributed by atoms with Crippen molar-refractivity contribution in [3.05, 3.63) is 139 Å². The molecule has 0 unspecified atom stereocenters. The number of aromatic hydroxyl groups is 1. The summed E-state index contributed by atoms with van der Waals surface area (Å²) in [4.78, 5) is 0. The summed E-state index contributed by atoms with van der Waals surface area (Å²) in [6.07, 6.45) is -3.35. The Hall–Kier alpha value is -6.69. The molecule has 6 aromatic heterocycles. The van der Waals surface area contributed by atoms with Gasteiger partial charge in [-0.2, -0.15) is 36.5 Å². The van der Waals surface area contributed by atoms with Gasteiger partial charge in [-0.3, -0.25) is 8.80 Å². The summed E-state index contributed by atoms with van der Waals surface area (Å²) in [5.74, 6) is -1.14. The standard InChI is InChI=1S/C17H10F3N5O.C13H8F3N3O.C4H3ClN2/c18-17(19,20)16-24-22-14-8-5-12(10-25(14)16)11-3-6-13(7-4-11)26-15-2-1-9-21-23-15;14-13(15,16)12-18-17-11-6-3-9(7-19(11)12)8-1-4-10(20)5-2-8;5-4-2-1-3-6-7-4/h1-10H;1-7,20H;1-3H. The van der Waals surface area contributed by atoms with Gasteiger partial charge in [0.2, 0.25) is 17.5 Å². The number of phenolic OH excluding ortho intramolecular Hbond substituents is 1. The number of hydrogen-bond acceptors (Lipinski definition) is 10. The summed E-state index contributed by atoms with van der Waals surface area (Å²) in [6, 6.07) is 26.1. The van der Waals surface area contributed by atoms with E-state index < -0.39 is 24.0 Å². The average Bonchev–Trinajstić information content (AvgIpc) is 3.78. The lowest BCUT2D eigenvalue weighted by Gasteiger charge is -2.08. The minimum Gasteiger partial charge on any atom is -0.508 e. The highest BCUT2D eigenvalue weighted by Crippen LogP contribution is 2.31. The van der Waals surface area contributed by atoms with E-state index in [4.69, 9.17) is 16.3 Å². The van der Waals surface area contributed by atoms with Crippen molar-refractivity contribution in [1.82, 2.24) is 49.6 Å². The molecule has 0 spiro atoms. The van der Waals surface area contributed by atoms with Crippen molar-refractivity contribution in [2.24, 2.45) is 0 Å². The van der Waals surface area contributed by atoms with Crippen LogP contribution >= 0.6 is 11.6 Å². The average molecular weight is 751 g/mol. The number of phenols is 1. The predicted octanol–water partition coefficient (Wildman–Crippen LogP) is 8.25. The summed E-state index contributed by atoms with van der Waals surface area (Å²) in [6.45, 7) is 0. The molecule has 0 saturated heterocycles. The Morgan fingerprint density at radius 3 is 1.42 bits per heavy atom. The fourth-order valence-corrected chi connectivity index (χ4v) is 4.74. The quantitative estimate of drug-likeness (QED) is 0.175. The molecule has 0 saturated carbocycles. The van der Waals surface area contributed by atoms with Gasteiger partial charge in [0.25, 0.3) is 0 Å². The zero-order valence-electron chi connectivity index (χ0n) is 26.5. The second-order valence-corrected chi connectivity index (χ2v) is 11.0. The first-order valence-corrected chi connectivity index (χ1v) is 15.4. The fourth-order valence-electron chi connectivity index (χ4n) is 4.62. The number of rotatable bonds is 4. The Morgan fingerprint density at radius 1 is 0.528 bits per heavy atom. The zero-order chi connectivity index (χ0) is 37.6. The number of alkyl halides is 6. The molecule has 0 radical (unpaired) electrons. The third-order valence-corrected chi connectivity index (χ3v) is 7.21. The maximum atomic E-state index is 13.0. The second-order valence-electron chi connectivity index (χ2n) is 10.6. The Balaban J connectivity index is 0.000000157. The van der Waals surface area contributed by atoms with Crippen molar-refractivity contribution in [3.8, 4) is 39.6 Å². The molecular formula is C34H21ClF6N10O2. The molecule has 12 nitrogen and oxygen atoms in total. The first-order valence-electron chi connectivity index (χ1n) is 15.0. The van der Waals surface area contributed by atoms with Crippen LogP contribution in [0.2, 0.25) is 5.15 Å². The number of nitrogens with zero attached hydrogens (tertiary/aromatic N) is 10. The summed E-state index contributed by atoms with van der Waals surface area (Å²) in [7, 11) is 0. The van der Waals surface area contributed by atoms with Crippen LogP contribution in [0.4, 0.5) is 26.3 Å². The van der Waals surface area contributed by atoms with Gasteiger partial charge < -0.3 is 9.84 Å². The molecule has 0 atom stereocenters. The Kier molecular flexibility index (Phi) is 10.4. The van der Waals surface area contributed by atoms with Gasteiger partial charge in [-0.25, -0.2) is 0 Å². The Bertz CT molecular complexity index is 2430. The van der Waals surface area contributed by atoms with Crippen molar-refractivity contribution in [2.75, 3.05) is 0 Å². The number of benzene rings is 2. The van der Waals surface area contributed by atoms with Crippen molar-refractivity contribution in [2.45, 2.75) is 12.4 Å². The molecule has 0 aliphatic rings. The van der Waals surface area contributed by atoms with E-state index in [0.717, 1.165) is 14.4 Å². The molecular weight excluding hydrogens is 730 g/mol. The number of pyridine rings is 2. The third kappa shape index (κ3) is 8.98. The predicted molar refractivity (Wildman–Crippen MR) is 178 cm³/mol. The molecule has 1 N–H and O–H groups in total. The van der Waals surface area contributed by atoms with Crippen molar-refractivity contribution in [1.29, 1.82) is 0 Å². The molecule has 0 fully saturated rings. The molecule has 0 bridgehead atoms. The van der Waals surface area contributed by atoms with Gasteiger partial charge in [-0.15, -0.1) is 30.6 Å². The first-order chi connectivity index (χ1) is 25.3. The maximum Gasteiger partial charge on any atom is 0.452 e. The smallest absolute Gasteiger partial charge is 0.452 e. The van der Waals surface area contributed by atoms with Gasteiger partial charge in [-0.05, 0) is 89.0 Å². The molecule has 2 aromatic carbocycles. The van der Waals surface area contributed by atoms with Crippen LogP contribution in [0.25, 0.3) is 33.5 Å². The van der Waals surface area contributed by atoms with Crippen LogP contribution in [0.5, 0.6) is 17.4 Å². The molecule has 53 heavy (non-hydrogen) atoms. The van der Waals surface area contributed by atoms with Gasteiger partial charge in [0, 0.05) is 30.9 Å². The number of fused-ring (bicyclic) bond motifs is 2. The molecule has 268 valence electrons. The Morgan fingerprint density at radius 2 is 1.00 bits per heavy atom. The molecule has 6 heterocycles. The van der Waals surface area contributed by atoms with E-state index in [1.807, 2.05) is 0 Å². The van der Waals surface area contributed by atoms with Crippen LogP contribution in [-0.4, -0.2) is 54.7 Å². The van der Waals surface area contributed by atoms with E-state index in [9.17, 15) is 31.4 Å². The highest BCUT2D eigenvalue weighted by Gasteiger charge is 2.37. The van der Waals surface area contributed by atoms with Gasteiger partial charge in [0.05, 0.1) is 0 Å². The van der Waals surface area contributed by atoms with Crippen molar-refractivity contribution in [3.63, 3.8) is 0 Å². The number of halogens is 7. The summed E-state index contributed by atoms with van der Waals surface area (Å²) < 4.78 is 84.7. The largest absolute Gasteiger partial charge is 0.508 e. The number of ether oxygens (including phenoxy) is 1. The van der Waals surface area contributed by atoms with Crippen LogP contribution in [0.3, 0.4) is 0 Å². The van der Waals surface area contributed by atoms with Crippen LogP contribution in [0.1, 0.15) is 11.6 Å². The first kappa shape index (κ1) is 36.1. The van der Waals surface area contributed by atoms with Crippen molar-refractivity contribution >= 4 is 22.9 Å². The zero-order valence-corrected chi connectivity index (χ0v) is 27.3. The molecule has 0 amide bonds. The van der Waals surface area contributed by atoms with Gasteiger partial charge in [-0.1, -0.05) is 35.9 Å². The molecule has 0 aliphatic heterocycles. The van der Waals surface area contributed by atoms with Gasteiger partial charge in [0.1, 0.15) is 11.5 Å². The molecule has 19 heteroatoms. The maximum absolute atomic E-state index is 13.0. The summed E-state index contributed by atoms with van der Waals surface area (Å²) in [5, 5.41) is 37.6. The van der Waals surface area contributed by atoms with Crippen LogP contribution < -0.4 is 4.74 Å². The SMILES string of the molecule is Clc1cccnn1.FC(F)(F)c1nnc2ccc(-c3ccc(Oc4cccnn4)cc3)cn12.Oc1ccc(-c2ccc3nnc(C(F)(F)F)n3c2)cc1. The van der Waals surface area contributed by atoms with Crippen LogP contribution in [0.15, 0.2) is 122 Å². The Labute approximate surface area is 299 Å². The van der Waals surface area contributed by atoms with E-state index in [2.05, 4.69) is 40.8 Å². The number of aromatic nitrogens is 10. The minimum atomic E-state index is -4.58. The van der Waals surface area contributed by atoms with E-state index in [0.29, 0.717) is 33.5 Å². The van der Waals surface area contributed by atoms with Gasteiger partial charge >= 0.3 is 12.4 Å². The lowest BCUT2D eigenvalue weighted by molar-refractivity contribution is -0.146. The normalized spacial score (nSPS) is 11.4. The number of hydrogen-bond donors (Lipinski definition) is 1. The monoisotopic (exact) mass is 750 g/mol. The fraction of sp³-hybridized carbons (Fsp3) is 0.0588. The van der Waals surface area contributed by atoms with Crippen molar-refractivity contribution < 1.29 is 36.2 Å². The molecule has 8 rings (SSSR count). The lowest BCUT2D eigenvalue weighted by Crippen LogP contribution is -2.10. The van der Waals surface area contributed by atoms with E-state index in [1.54, 1.807) is 79.0 Å². The third-order valence-electron chi connectivity index (χ3n) is 7.01. The van der Waals surface area contributed by atoms with Crippen LogP contribution in [0, 0.1) is 0 Å². The summed E-state index contributed by atoms with van der Waals surface area (Å²) >= 11 is 5.37.